The van der Waals surface area contributed by atoms with E-state index in [0.29, 0.717) is 11.3 Å². The third kappa shape index (κ3) is 4.18. The smallest absolute Gasteiger partial charge is 0.298 e. The highest BCUT2D eigenvalue weighted by Gasteiger charge is 2.36. The van der Waals surface area contributed by atoms with Crippen LogP contribution in [0.1, 0.15) is 5.56 Å². The summed E-state index contributed by atoms with van der Waals surface area (Å²) in [7, 11) is 0. The Bertz CT molecular complexity index is 984. The van der Waals surface area contributed by atoms with Gasteiger partial charge in [0.1, 0.15) is 5.75 Å². The molecule has 1 saturated heterocycles. The zero-order valence-electron chi connectivity index (χ0n) is 13.5. The lowest BCUT2D eigenvalue weighted by atomic mass is 10.2. The van der Waals surface area contributed by atoms with E-state index >= 15 is 0 Å². The van der Waals surface area contributed by atoms with Crippen molar-refractivity contribution in [3.05, 3.63) is 80.2 Å². The molecule has 0 bridgehead atoms. The van der Waals surface area contributed by atoms with E-state index in [-0.39, 0.29) is 21.4 Å². The Balaban J connectivity index is 1.82. The van der Waals surface area contributed by atoms with Crippen molar-refractivity contribution < 1.29 is 19.6 Å². The number of halogens is 1. The standard InChI is InChI=1S/C18H11ClN2O5S/c19-12(9-11-1-3-14(4-2-11)21(25)26)10-16-17(23)20(18(24)27-16)13-5-7-15(22)8-6-13/h1-10,22H/b12-9-,16-10?. The summed E-state index contributed by atoms with van der Waals surface area (Å²) >= 11 is 6.90. The maximum absolute atomic E-state index is 12.5. The fraction of sp³-hybridized carbons (Fsp3) is 0. The predicted molar refractivity (Wildman–Crippen MR) is 104 cm³/mol. The highest BCUT2D eigenvalue weighted by Crippen LogP contribution is 2.36. The lowest BCUT2D eigenvalue weighted by Crippen LogP contribution is -2.27. The molecule has 136 valence electrons. The zero-order chi connectivity index (χ0) is 19.6. The fourth-order valence-corrected chi connectivity index (χ4v) is 3.44. The van der Waals surface area contributed by atoms with Crippen molar-refractivity contribution in [1.82, 2.24) is 0 Å². The lowest BCUT2D eigenvalue weighted by molar-refractivity contribution is -0.384. The van der Waals surface area contributed by atoms with Gasteiger partial charge in [-0.2, -0.15) is 0 Å². The molecule has 1 heterocycles. The molecule has 2 aromatic carbocycles. The van der Waals surface area contributed by atoms with Crippen molar-refractivity contribution >= 4 is 52.0 Å². The summed E-state index contributed by atoms with van der Waals surface area (Å²) in [6, 6.07) is 11.4. The van der Waals surface area contributed by atoms with Gasteiger partial charge >= 0.3 is 0 Å². The van der Waals surface area contributed by atoms with E-state index in [2.05, 4.69) is 0 Å². The number of nitro benzene ring substituents is 1. The molecular formula is C18H11ClN2O5S. The number of rotatable bonds is 4. The Morgan fingerprint density at radius 3 is 2.33 bits per heavy atom. The van der Waals surface area contributed by atoms with Crippen LogP contribution >= 0.6 is 23.4 Å². The minimum atomic E-state index is -0.522. The van der Waals surface area contributed by atoms with Crippen LogP contribution in [0.5, 0.6) is 5.75 Å². The van der Waals surface area contributed by atoms with Gasteiger partial charge in [-0.25, -0.2) is 4.90 Å². The van der Waals surface area contributed by atoms with Gasteiger partial charge in [-0.05, 0) is 65.9 Å². The first-order chi connectivity index (χ1) is 12.8. The summed E-state index contributed by atoms with van der Waals surface area (Å²) in [5.74, 6) is -0.499. The van der Waals surface area contributed by atoms with Crippen LogP contribution in [0.15, 0.2) is 64.5 Å². The zero-order valence-corrected chi connectivity index (χ0v) is 15.1. The molecule has 1 aliphatic rings. The van der Waals surface area contributed by atoms with Crippen molar-refractivity contribution in [2.75, 3.05) is 4.90 Å². The number of imide groups is 1. The van der Waals surface area contributed by atoms with Gasteiger partial charge in [0.15, 0.2) is 0 Å². The maximum Gasteiger partial charge on any atom is 0.298 e. The van der Waals surface area contributed by atoms with Gasteiger partial charge < -0.3 is 5.11 Å². The van der Waals surface area contributed by atoms with Crippen LogP contribution in [0.2, 0.25) is 0 Å². The molecule has 0 aliphatic carbocycles. The van der Waals surface area contributed by atoms with E-state index in [0.717, 1.165) is 16.7 Å². The quantitative estimate of drug-likeness (QED) is 0.453. The van der Waals surface area contributed by atoms with Crippen LogP contribution in [-0.4, -0.2) is 21.2 Å². The molecule has 0 saturated carbocycles. The number of hydrogen-bond acceptors (Lipinski definition) is 6. The molecule has 2 aromatic rings. The molecule has 0 unspecified atom stereocenters. The van der Waals surface area contributed by atoms with Crippen molar-refractivity contribution in [3.8, 4) is 5.75 Å². The van der Waals surface area contributed by atoms with Gasteiger partial charge in [-0.15, -0.1) is 0 Å². The van der Waals surface area contributed by atoms with E-state index < -0.39 is 16.1 Å². The summed E-state index contributed by atoms with van der Waals surface area (Å²) in [6.45, 7) is 0. The van der Waals surface area contributed by atoms with E-state index in [1.54, 1.807) is 0 Å². The van der Waals surface area contributed by atoms with E-state index in [4.69, 9.17) is 11.6 Å². The van der Waals surface area contributed by atoms with Crippen molar-refractivity contribution in [2.45, 2.75) is 0 Å². The third-order valence-corrected chi connectivity index (χ3v) is 4.67. The highest BCUT2D eigenvalue weighted by molar-refractivity contribution is 8.18. The van der Waals surface area contributed by atoms with Gasteiger partial charge in [-0.1, -0.05) is 11.6 Å². The second kappa shape index (κ2) is 7.65. The monoisotopic (exact) mass is 402 g/mol. The van der Waals surface area contributed by atoms with Crippen LogP contribution in [0.3, 0.4) is 0 Å². The molecule has 0 atom stereocenters. The topological polar surface area (TPSA) is 101 Å². The molecule has 0 radical (unpaired) electrons. The number of phenols is 1. The number of thioether (sulfide) groups is 1. The second-order valence-electron chi connectivity index (χ2n) is 5.41. The Hall–Kier alpha value is -3.10. The molecule has 3 rings (SSSR count). The van der Waals surface area contributed by atoms with Crippen LogP contribution in [0.4, 0.5) is 16.2 Å². The Labute approximate surface area is 162 Å². The lowest BCUT2D eigenvalue weighted by Gasteiger charge is -2.12. The van der Waals surface area contributed by atoms with E-state index in [1.807, 2.05) is 0 Å². The molecular weight excluding hydrogens is 392 g/mol. The van der Waals surface area contributed by atoms with Gasteiger partial charge in [-0.3, -0.25) is 19.7 Å². The fourth-order valence-electron chi connectivity index (χ4n) is 2.31. The number of anilines is 1. The number of nitrogens with zero attached hydrogens (tertiary/aromatic N) is 2. The minimum Gasteiger partial charge on any atom is -0.508 e. The molecule has 0 aromatic heterocycles. The molecule has 9 heteroatoms. The molecule has 2 amide bonds. The molecule has 1 aliphatic heterocycles. The number of aromatic hydroxyl groups is 1. The molecule has 1 N–H and O–H groups in total. The highest BCUT2D eigenvalue weighted by atomic mass is 35.5. The SMILES string of the molecule is O=C1SC(=C/C(Cl)=C/c2ccc([N+](=O)[O-])cc2)C(=O)N1c1ccc(O)cc1. The number of allylic oxidation sites excluding steroid dienone is 2. The van der Waals surface area contributed by atoms with Crippen molar-refractivity contribution in [3.63, 3.8) is 0 Å². The number of carbonyl (C=O) groups excluding carboxylic acids is 2. The summed E-state index contributed by atoms with van der Waals surface area (Å²) in [4.78, 5) is 36.0. The van der Waals surface area contributed by atoms with Crippen molar-refractivity contribution in [1.29, 1.82) is 0 Å². The Kier molecular flexibility index (Phi) is 5.29. The summed E-state index contributed by atoms with van der Waals surface area (Å²) in [6.07, 6.45) is 2.90. The minimum absolute atomic E-state index is 0.0235. The average molecular weight is 403 g/mol. The van der Waals surface area contributed by atoms with Crippen LogP contribution in [-0.2, 0) is 4.79 Å². The summed E-state index contributed by atoms with van der Waals surface area (Å²) < 4.78 is 0. The average Bonchev–Trinajstić information content (AvgIpc) is 2.90. The normalized spacial score (nSPS) is 16.3. The van der Waals surface area contributed by atoms with Gasteiger partial charge in [0, 0.05) is 17.2 Å². The van der Waals surface area contributed by atoms with Crippen LogP contribution in [0.25, 0.3) is 6.08 Å². The largest absolute Gasteiger partial charge is 0.508 e. The number of hydrogen-bond donors (Lipinski definition) is 1. The predicted octanol–water partition coefficient (Wildman–Crippen LogP) is 4.66. The molecule has 0 spiro atoms. The molecule has 1 fully saturated rings. The first kappa shape index (κ1) is 18.7. The number of phenolic OH excluding ortho intramolecular Hbond substituents is 1. The number of nitro groups is 1. The first-order valence-electron chi connectivity index (χ1n) is 7.54. The number of non-ortho nitro benzene ring substituents is 1. The van der Waals surface area contributed by atoms with Crippen LogP contribution < -0.4 is 4.90 Å². The maximum atomic E-state index is 12.5. The van der Waals surface area contributed by atoms with Gasteiger partial charge in [0.25, 0.3) is 16.8 Å². The van der Waals surface area contributed by atoms with E-state index in [9.17, 15) is 24.8 Å². The number of benzene rings is 2. The third-order valence-electron chi connectivity index (χ3n) is 3.58. The van der Waals surface area contributed by atoms with Gasteiger partial charge in [0.05, 0.1) is 15.5 Å². The Morgan fingerprint density at radius 1 is 1.11 bits per heavy atom. The van der Waals surface area contributed by atoms with E-state index in [1.165, 1.54) is 60.7 Å². The number of carbonyl (C=O) groups is 2. The second-order valence-corrected chi connectivity index (χ2v) is 6.84. The Morgan fingerprint density at radius 2 is 1.74 bits per heavy atom. The molecule has 7 nitrogen and oxygen atoms in total. The van der Waals surface area contributed by atoms with Crippen LogP contribution in [0, 0.1) is 10.1 Å². The molecule has 27 heavy (non-hydrogen) atoms. The van der Waals surface area contributed by atoms with Gasteiger partial charge in [0.2, 0.25) is 0 Å². The summed E-state index contributed by atoms with van der Waals surface area (Å²) in [5, 5.41) is 19.7. The first-order valence-corrected chi connectivity index (χ1v) is 8.73. The number of amides is 2. The summed E-state index contributed by atoms with van der Waals surface area (Å²) in [5.41, 5.74) is 0.909. The van der Waals surface area contributed by atoms with Crippen molar-refractivity contribution in [2.24, 2.45) is 0 Å².